The Morgan fingerprint density at radius 2 is 1.91 bits per heavy atom. The molecule has 0 unspecified atom stereocenters. The summed E-state index contributed by atoms with van der Waals surface area (Å²) in [6.45, 7) is 10.3. The maximum absolute atomic E-state index is 12.6. The van der Waals surface area contributed by atoms with Crippen molar-refractivity contribution in [2.75, 3.05) is 23.6 Å². The first kappa shape index (κ1) is 18.2. The fourth-order valence-corrected chi connectivity index (χ4v) is 3.22. The van der Waals surface area contributed by atoms with Crippen LogP contribution in [0, 0.1) is 0 Å². The molecule has 1 rings (SSSR count). The van der Waals surface area contributed by atoms with E-state index in [4.69, 9.17) is 0 Å². The SMILES string of the molecule is C=C(C)CN(CC)C(=O)c1ccccc1NS(=O)(=O)CCC. The van der Waals surface area contributed by atoms with E-state index in [1.54, 1.807) is 36.1 Å². The zero-order chi connectivity index (χ0) is 16.8. The first-order valence-electron chi connectivity index (χ1n) is 7.33. The number of nitrogens with zero attached hydrogens (tertiary/aromatic N) is 1. The zero-order valence-corrected chi connectivity index (χ0v) is 14.2. The van der Waals surface area contributed by atoms with Crippen LogP contribution < -0.4 is 4.72 Å². The van der Waals surface area contributed by atoms with Crippen molar-refractivity contribution < 1.29 is 13.2 Å². The van der Waals surface area contributed by atoms with Gasteiger partial charge in [0.2, 0.25) is 10.0 Å². The number of rotatable bonds is 8. The number of hydrogen-bond acceptors (Lipinski definition) is 3. The van der Waals surface area contributed by atoms with Crippen LogP contribution in [0.1, 0.15) is 37.6 Å². The van der Waals surface area contributed by atoms with Crippen LogP contribution in [-0.2, 0) is 10.0 Å². The third kappa shape index (κ3) is 5.18. The summed E-state index contributed by atoms with van der Waals surface area (Å²) in [7, 11) is -3.43. The van der Waals surface area contributed by atoms with Gasteiger partial charge in [0, 0.05) is 13.1 Å². The van der Waals surface area contributed by atoms with E-state index < -0.39 is 10.0 Å². The Labute approximate surface area is 133 Å². The Morgan fingerprint density at radius 3 is 2.45 bits per heavy atom. The van der Waals surface area contributed by atoms with E-state index >= 15 is 0 Å². The van der Waals surface area contributed by atoms with Crippen molar-refractivity contribution in [3.8, 4) is 0 Å². The quantitative estimate of drug-likeness (QED) is 0.748. The summed E-state index contributed by atoms with van der Waals surface area (Å²) in [5.74, 6) is -0.181. The highest BCUT2D eigenvalue weighted by molar-refractivity contribution is 7.92. The second-order valence-corrected chi connectivity index (χ2v) is 7.08. The molecule has 122 valence electrons. The van der Waals surface area contributed by atoms with E-state index in [2.05, 4.69) is 11.3 Å². The third-order valence-corrected chi connectivity index (χ3v) is 4.50. The second kappa shape index (κ2) is 7.98. The maximum atomic E-state index is 12.6. The Bertz CT molecular complexity index is 639. The minimum atomic E-state index is -3.43. The van der Waals surface area contributed by atoms with Crippen molar-refractivity contribution in [1.29, 1.82) is 0 Å². The molecular formula is C16H24N2O3S. The third-order valence-electron chi connectivity index (χ3n) is 3.03. The molecule has 0 spiro atoms. The first-order chi connectivity index (χ1) is 10.3. The van der Waals surface area contributed by atoms with Crippen molar-refractivity contribution in [2.24, 2.45) is 0 Å². The molecule has 0 bridgehead atoms. The number of carbonyl (C=O) groups excluding carboxylic acids is 1. The van der Waals surface area contributed by atoms with Gasteiger partial charge in [0.25, 0.3) is 5.91 Å². The highest BCUT2D eigenvalue weighted by Crippen LogP contribution is 2.19. The molecule has 0 saturated carbocycles. The van der Waals surface area contributed by atoms with Gasteiger partial charge in [0.05, 0.1) is 17.0 Å². The number of benzene rings is 1. The molecule has 0 saturated heterocycles. The largest absolute Gasteiger partial charge is 0.335 e. The highest BCUT2D eigenvalue weighted by atomic mass is 32.2. The lowest BCUT2D eigenvalue weighted by molar-refractivity contribution is 0.0779. The van der Waals surface area contributed by atoms with Crippen LogP contribution in [0.25, 0.3) is 0 Å². The fourth-order valence-electron chi connectivity index (χ4n) is 2.07. The number of para-hydroxylation sites is 1. The van der Waals surface area contributed by atoms with Crippen LogP contribution in [-0.4, -0.2) is 38.1 Å². The van der Waals surface area contributed by atoms with Crippen molar-refractivity contribution in [3.63, 3.8) is 0 Å². The lowest BCUT2D eigenvalue weighted by Gasteiger charge is -2.22. The van der Waals surface area contributed by atoms with Crippen LogP contribution in [0.5, 0.6) is 0 Å². The highest BCUT2D eigenvalue weighted by Gasteiger charge is 2.19. The van der Waals surface area contributed by atoms with E-state index in [-0.39, 0.29) is 11.7 Å². The minimum absolute atomic E-state index is 0.0266. The fraction of sp³-hybridized carbons (Fsp3) is 0.438. The van der Waals surface area contributed by atoms with Crippen LogP contribution in [0.2, 0.25) is 0 Å². The Balaban J connectivity index is 3.10. The molecule has 1 N–H and O–H groups in total. The van der Waals surface area contributed by atoms with Gasteiger partial charge in [0.1, 0.15) is 0 Å². The number of amides is 1. The lowest BCUT2D eigenvalue weighted by atomic mass is 10.1. The van der Waals surface area contributed by atoms with E-state index in [9.17, 15) is 13.2 Å². The van der Waals surface area contributed by atoms with Gasteiger partial charge in [-0.05, 0) is 32.4 Å². The molecule has 1 aromatic carbocycles. The molecular weight excluding hydrogens is 300 g/mol. The topological polar surface area (TPSA) is 66.5 Å². The van der Waals surface area contributed by atoms with Gasteiger partial charge in [-0.25, -0.2) is 8.42 Å². The molecule has 0 fully saturated rings. The second-order valence-electron chi connectivity index (χ2n) is 5.24. The van der Waals surface area contributed by atoms with Crippen LogP contribution >= 0.6 is 0 Å². The smallest absolute Gasteiger partial charge is 0.256 e. The zero-order valence-electron chi connectivity index (χ0n) is 13.4. The summed E-state index contributed by atoms with van der Waals surface area (Å²) in [5.41, 5.74) is 1.55. The van der Waals surface area contributed by atoms with E-state index in [0.29, 0.717) is 30.8 Å². The van der Waals surface area contributed by atoms with Crippen molar-refractivity contribution in [3.05, 3.63) is 42.0 Å². The average Bonchev–Trinajstić information content (AvgIpc) is 2.43. The Kier molecular flexibility index (Phi) is 6.61. The summed E-state index contributed by atoms with van der Waals surface area (Å²) in [6, 6.07) is 6.66. The average molecular weight is 324 g/mol. The van der Waals surface area contributed by atoms with Crippen molar-refractivity contribution in [2.45, 2.75) is 27.2 Å². The molecule has 5 nitrogen and oxygen atoms in total. The molecule has 0 heterocycles. The Morgan fingerprint density at radius 1 is 1.27 bits per heavy atom. The molecule has 0 aliphatic heterocycles. The van der Waals surface area contributed by atoms with Crippen molar-refractivity contribution in [1.82, 2.24) is 4.90 Å². The summed E-state index contributed by atoms with van der Waals surface area (Å²) < 4.78 is 26.4. The molecule has 0 atom stereocenters. The number of nitrogens with one attached hydrogen (secondary N) is 1. The van der Waals surface area contributed by atoms with Crippen LogP contribution in [0.3, 0.4) is 0 Å². The molecule has 0 radical (unpaired) electrons. The van der Waals surface area contributed by atoms with Crippen LogP contribution in [0.15, 0.2) is 36.4 Å². The molecule has 6 heteroatoms. The number of carbonyl (C=O) groups is 1. The van der Waals surface area contributed by atoms with E-state index in [1.807, 2.05) is 13.8 Å². The van der Waals surface area contributed by atoms with Gasteiger partial charge < -0.3 is 4.90 Å². The summed E-state index contributed by atoms with van der Waals surface area (Å²) in [5, 5.41) is 0. The number of likely N-dealkylation sites (N-methyl/N-ethyl adjacent to an activating group) is 1. The van der Waals surface area contributed by atoms with Crippen LogP contribution in [0.4, 0.5) is 5.69 Å². The van der Waals surface area contributed by atoms with Crippen molar-refractivity contribution >= 4 is 21.6 Å². The molecule has 0 aromatic heterocycles. The summed E-state index contributed by atoms with van der Waals surface area (Å²) >= 11 is 0. The molecule has 22 heavy (non-hydrogen) atoms. The minimum Gasteiger partial charge on any atom is -0.335 e. The normalized spacial score (nSPS) is 11.0. The molecule has 1 amide bonds. The maximum Gasteiger partial charge on any atom is 0.256 e. The molecule has 0 aliphatic carbocycles. The predicted octanol–water partition coefficient (Wildman–Crippen LogP) is 2.88. The van der Waals surface area contributed by atoms with E-state index in [0.717, 1.165) is 5.57 Å². The number of sulfonamides is 1. The van der Waals surface area contributed by atoms with Gasteiger partial charge in [0.15, 0.2) is 0 Å². The van der Waals surface area contributed by atoms with E-state index in [1.165, 1.54) is 0 Å². The number of anilines is 1. The van der Waals surface area contributed by atoms with Gasteiger partial charge in [-0.3, -0.25) is 9.52 Å². The van der Waals surface area contributed by atoms with Gasteiger partial charge in [-0.15, -0.1) is 0 Å². The van der Waals surface area contributed by atoms with Gasteiger partial charge >= 0.3 is 0 Å². The Hall–Kier alpha value is -1.82. The molecule has 0 aliphatic rings. The number of hydrogen-bond donors (Lipinski definition) is 1. The molecule has 1 aromatic rings. The first-order valence-corrected chi connectivity index (χ1v) is 8.99. The monoisotopic (exact) mass is 324 g/mol. The lowest BCUT2D eigenvalue weighted by Crippen LogP contribution is -2.33. The van der Waals surface area contributed by atoms with Gasteiger partial charge in [-0.1, -0.05) is 31.2 Å². The standard InChI is InChI=1S/C16H24N2O3S/c1-5-11-22(20,21)17-15-10-8-7-9-14(15)16(19)18(6-2)12-13(3)4/h7-10,17H,3,5-6,11-12H2,1-2,4H3. The van der Waals surface area contributed by atoms with Gasteiger partial charge in [-0.2, -0.15) is 0 Å². The predicted molar refractivity (Wildman–Crippen MR) is 90.5 cm³/mol. The summed E-state index contributed by atoms with van der Waals surface area (Å²) in [6.07, 6.45) is 0.516. The summed E-state index contributed by atoms with van der Waals surface area (Å²) in [4.78, 5) is 14.3.